The van der Waals surface area contributed by atoms with Gasteiger partial charge in [-0.25, -0.2) is 9.80 Å². The van der Waals surface area contributed by atoms with E-state index < -0.39 is 0 Å². The Hall–Kier alpha value is -2.81. The van der Waals surface area contributed by atoms with E-state index in [0.29, 0.717) is 32.9 Å². The maximum absolute atomic E-state index is 13.5. The fourth-order valence-corrected chi connectivity index (χ4v) is 4.83. The third-order valence-corrected chi connectivity index (χ3v) is 6.71. The lowest BCUT2D eigenvalue weighted by Gasteiger charge is -2.40. The van der Waals surface area contributed by atoms with Gasteiger partial charge in [0, 0.05) is 62.6 Å². The molecule has 2 aromatic rings. The molecule has 0 radical (unpaired) electrons. The maximum atomic E-state index is 13.5. The van der Waals surface area contributed by atoms with Crippen LogP contribution in [0, 0.1) is 0 Å². The maximum Gasteiger partial charge on any atom is 0.336 e. The zero-order valence-corrected chi connectivity index (χ0v) is 19.3. The first-order valence-corrected chi connectivity index (χ1v) is 11.8. The molecule has 0 saturated carbocycles. The number of nitrogens with zero attached hydrogens (tertiary/aromatic N) is 4. The molecule has 2 fully saturated rings. The molecule has 176 valence electrons. The van der Waals surface area contributed by atoms with Gasteiger partial charge in [0.1, 0.15) is 12.4 Å². The Kier molecular flexibility index (Phi) is 6.66. The van der Waals surface area contributed by atoms with Gasteiger partial charge in [0.15, 0.2) is 0 Å². The average molecular weight is 452 g/mol. The first-order chi connectivity index (χ1) is 16.2. The molecule has 3 heterocycles. The van der Waals surface area contributed by atoms with Crippen LogP contribution in [0.2, 0.25) is 0 Å². The number of amides is 2. The number of hydrogen-bond acceptors (Lipinski definition) is 6. The largest absolute Gasteiger partial charge is 0.491 e. The number of benzene rings is 2. The van der Waals surface area contributed by atoms with E-state index in [9.17, 15) is 4.79 Å². The van der Waals surface area contributed by atoms with Crippen molar-refractivity contribution in [1.29, 1.82) is 0 Å². The Balaban J connectivity index is 1.40. The summed E-state index contributed by atoms with van der Waals surface area (Å²) >= 11 is 0. The molecule has 0 aromatic heterocycles. The molecule has 33 heavy (non-hydrogen) atoms. The Morgan fingerprint density at radius 1 is 0.970 bits per heavy atom. The van der Waals surface area contributed by atoms with Gasteiger partial charge in [-0.05, 0) is 31.3 Å². The lowest BCUT2D eigenvalue weighted by atomic mass is 9.98. The quantitative estimate of drug-likeness (QED) is 0.769. The van der Waals surface area contributed by atoms with Crippen molar-refractivity contribution < 1.29 is 14.3 Å². The third-order valence-electron chi connectivity index (χ3n) is 6.71. The van der Waals surface area contributed by atoms with Crippen molar-refractivity contribution in [3.8, 4) is 5.75 Å². The number of urea groups is 1. The van der Waals surface area contributed by atoms with Crippen LogP contribution in [0.1, 0.15) is 5.56 Å². The van der Waals surface area contributed by atoms with E-state index in [1.54, 1.807) is 0 Å². The Morgan fingerprint density at radius 3 is 2.48 bits per heavy atom. The fraction of sp³-hybridized carbons (Fsp3) is 0.480. The number of piperazine rings is 1. The Labute approximate surface area is 195 Å². The smallest absolute Gasteiger partial charge is 0.336 e. The zero-order chi connectivity index (χ0) is 22.6. The molecule has 2 saturated heterocycles. The second-order valence-electron chi connectivity index (χ2n) is 8.94. The topological polar surface area (TPSA) is 60.5 Å². The predicted molar refractivity (Wildman–Crippen MR) is 129 cm³/mol. The molecule has 0 bridgehead atoms. The number of morpholine rings is 1. The highest BCUT2D eigenvalue weighted by atomic mass is 16.5. The highest BCUT2D eigenvalue weighted by Crippen LogP contribution is 2.36. The molecule has 3 aliphatic heterocycles. The second-order valence-corrected chi connectivity index (χ2v) is 8.94. The Morgan fingerprint density at radius 2 is 1.73 bits per heavy atom. The molecule has 1 N–H and O–H groups in total. The first-order valence-electron chi connectivity index (χ1n) is 11.8. The summed E-state index contributed by atoms with van der Waals surface area (Å²) in [4.78, 5) is 20.2. The van der Waals surface area contributed by atoms with Gasteiger partial charge in [-0.15, -0.1) is 0 Å². The second kappa shape index (κ2) is 9.99. The highest BCUT2D eigenvalue weighted by molar-refractivity contribution is 5.92. The van der Waals surface area contributed by atoms with Crippen molar-refractivity contribution in [2.75, 3.05) is 75.9 Å². The minimum atomic E-state index is -0.128. The molecule has 1 atom stereocenters. The average Bonchev–Trinajstić information content (AvgIpc) is 2.86. The molecular formula is C25H33N5O3. The summed E-state index contributed by atoms with van der Waals surface area (Å²) in [7, 11) is 2.17. The standard InChI is InChI=1S/C25H33N5O3/c1-27-10-12-28(13-11-27)23-8-5-9-24-22(23)18-21(19-33-24)30(20-6-3-2-4-7-20)25(31)26-29-14-16-32-17-15-29/h2-9,21H,10-19H2,1H3,(H,26,31)/t21-/m0/s1. The number of nitrogens with one attached hydrogen (secondary N) is 1. The summed E-state index contributed by atoms with van der Waals surface area (Å²) in [5.41, 5.74) is 6.38. The van der Waals surface area contributed by atoms with Crippen molar-refractivity contribution in [2.45, 2.75) is 12.5 Å². The van der Waals surface area contributed by atoms with Gasteiger partial charge in [-0.2, -0.15) is 0 Å². The number of carbonyl (C=O) groups excluding carboxylic acids is 1. The number of hydrazine groups is 1. The number of anilines is 2. The van der Waals surface area contributed by atoms with E-state index in [1.165, 1.54) is 11.3 Å². The summed E-state index contributed by atoms with van der Waals surface area (Å²) in [5, 5.41) is 1.94. The number of likely N-dealkylation sites (N-methyl/N-ethyl adjacent to an activating group) is 1. The van der Waals surface area contributed by atoms with Crippen LogP contribution in [0.25, 0.3) is 0 Å². The molecule has 0 unspecified atom stereocenters. The first kappa shape index (κ1) is 22.0. The minimum Gasteiger partial charge on any atom is -0.491 e. The molecule has 8 nitrogen and oxygen atoms in total. The van der Waals surface area contributed by atoms with Crippen LogP contribution in [0.4, 0.5) is 16.2 Å². The van der Waals surface area contributed by atoms with Gasteiger partial charge in [0.2, 0.25) is 0 Å². The number of rotatable bonds is 4. The normalized spacial score (nSPS) is 21.7. The van der Waals surface area contributed by atoms with E-state index in [2.05, 4.69) is 34.4 Å². The van der Waals surface area contributed by atoms with E-state index in [0.717, 1.165) is 44.0 Å². The fourth-order valence-electron chi connectivity index (χ4n) is 4.83. The third kappa shape index (κ3) is 4.93. The number of hydrogen-bond donors (Lipinski definition) is 1. The van der Waals surface area contributed by atoms with Gasteiger partial charge in [-0.1, -0.05) is 24.3 Å². The highest BCUT2D eigenvalue weighted by Gasteiger charge is 2.33. The number of fused-ring (bicyclic) bond motifs is 1. The van der Waals surface area contributed by atoms with E-state index in [-0.39, 0.29) is 12.1 Å². The van der Waals surface area contributed by atoms with Crippen LogP contribution in [0.3, 0.4) is 0 Å². The predicted octanol–water partition coefficient (Wildman–Crippen LogP) is 2.21. The van der Waals surface area contributed by atoms with Crippen LogP contribution in [-0.4, -0.2) is 88.1 Å². The minimum absolute atomic E-state index is 0.102. The summed E-state index contributed by atoms with van der Waals surface area (Å²) in [6.45, 7) is 7.18. The lowest BCUT2D eigenvalue weighted by Crippen LogP contribution is -2.57. The van der Waals surface area contributed by atoms with E-state index >= 15 is 0 Å². The van der Waals surface area contributed by atoms with E-state index in [4.69, 9.17) is 9.47 Å². The molecular weight excluding hydrogens is 418 g/mol. The van der Waals surface area contributed by atoms with Gasteiger partial charge in [0.25, 0.3) is 0 Å². The van der Waals surface area contributed by atoms with Gasteiger partial charge < -0.3 is 19.3 Å². The molecule has 2 aromatic carbocycles. The summed E-state index contributed by atoms with van der Waals surface area (Å²) in [6, 6.07) is 16.0. The SMILES string of the molecule is CN1CCN(c2cccc3c2C[C@H](N(C(=O)NN2CCOCC2)c2ccccc2)CO3)CC1. The van der Waals surface area contributed by atoms with Crippen molar-refractivity contribution in [3.63, 3.8) is 0 Å². The molecule has 0 spiro atoms. The summed E-state index contributed by atoms with van der Waals surface area (Å²) < 4.78 is 11.7. The van der Waals surface area contributed by atoms with Crippen LogP contribution in [0.15, 0.2) is 48.5 Å². The van der Waals surface area contributed by atoms with Crippen molar-refractivity contribution >= 4 is 17.4 Å². The van der Waals surface area contributed by atoms with Crippen molar-refractivity contribution in [1.82, 2.24) is 15.3 Å². The van der Waals surface area contributed by atoms with Crippen LogP contribution < -0.4 is 20.0 Å². The van der Waals surface area contributed by atoms with Gasteiger partial charge >= 0.3 is 6.03 Å². The molecule has 2 amide bonds. The van der Waals surface area contributed by atoms with E-state index in [1.807, 2.05) is 46.3 Å². The van der Waals surface area contributed by atoms with Gasteiger partial charge in [0.05, 0.1) is 19.3 Å². The van der Waals surface area contributed by atoms with Crippen LogP contribution >= 0.6 is 0 Å². The monoisotopic (exact) mass is 451 g/mol. The Bertz CT molecular complexity index is 942. The van der Waals surface area contributed by atoms with Gasteiger partial charge in [-0.3, -0.25) is 10.3 Å². The number of ether oxygens (including phenoxy) is 2. The lowest BCUT2D eigenvalue weighted by molar-refractivity contribution is 0.0198. The number of para-hydroxylation sites is 1. The molecule has 5 rings (SSSR count). The van der Waals surface area contributed by atoms with Crippen LogP contribution in [0.5, 0.6) is 5.75 Å². The zero-order valence-electron chi connectivity index (χ0n) is 19.3. The molecule has 0 aliphatic carbocycles. The summed E-state index contributed by atoms with van der Waals surface area (Å²) in [5.74, 6) is 0.935. The molecule has 3 aliphatic rings. The molecule has 8 heteroatoms. The van der Waals surface area contributed by atoms with Crippen molar-refractivity contribution in [2.24, 2.45) is 0 Å². The number of carbonyl (C=O) groups is 1. The summed E-state index contributed by atoms with van der Waals surface area (Å²) in [6.07, 6.45) is 0.753. The van der Waals surface area contributed by atoms with Crippen LogP contribution in [-0.2, 0) is 11.2 Å². The van der Waals surface area contributed by atoms with Crippen molar-refractivity contribution in [3.05, 3.63) is 54.1 Å².